The molecule has 0 bridgehead atoms. The molecule has 0 aliphatic heterocycles. The summed E-state index contributed by atoms with van der Waals surface area (Å²) in [5.74, 6) is 1.26. The van der Waals surface area contributed by atoms with Crippen molar-refractivity contribution in [3.8, 4) is 11.5 Å². The molecule has 0 unspecified atom stereocenters. The molecule has 0 saturated heterocycles. The van der Waals surface area contributed by atoms with Crippen LogP contribution in [0.4, 0.5) is 0 Å². The number of rotatable bonds is 5. The van der Waals surface area contributed by atoms with Crippen LogP contribution in [0.5, 0.6) is 11.5 Å². The van der Waals surface area contributed by atoms with E-state index in [9.17, 15) is 5.11 Å². The Bertz CT molecular complexity index is 497. The average Bonchev–Trinajstić information content (AvgIpc) is 2.89. The Labute approximate surface area is 110 Å². The largest absolute Gasteiger partial charge is 0.493 e. The molecule has 0 radical (unpaired) electrons. The van der Waals surface area contributed by atoms with E-state index in [1.807, 2.05) is 11.4 Å². The third-order valence-electron chi connectivity index (χ3n) is 2.53. The average molecular weight is 265 g/mol. The van der Waals surface area contributed by atoms with Crippen molar-refractivity contribution in [1.82, 2.24) is 4.98 Å². The highest BCUT2D eigenvalue weighted by Gasteiger charge is 2.09. The van der Waals surface area contributed by atoms with Crippen molar-refractivity contribution >= 4 is 11.3 Å². The molecule has 1 heterocycles. The molecule has 0 aliphatic carbocycles. The molecule has 1 atom stereocenters. The van der Waals surface area contributed by atoms with Crippen molar-refractivity contribution < 1.29 is 14.6 Å². The Balaban J connectivity index is 2.12. The zero-order chi connectivity index (χ0) is 13.0. The summed E-state index contributed by atoms with van der Waals surface area (Å²) in [6.07, 6.45) is -0.522. The maximum absolute atomic E-state index is 9.51. The van der Waals surface area contributed by atoms with E-state index < -0.39 is 6.10 Å². The third kappa shape index (κ3) is 3.00. The molecule has 2 aromatic rings. The predicted octanol–water partition coefficient (Wildman–Crippen LogP) is 2.78. The second-order valence-electron chi connectivity index (χ2n) is 3.85. The summed E-state index contributed by atoms with van der Waals surface area (Å²) in [4.78, 5) is 4.15. The molecule has 1 aromatic carbocycles. The Morgan fingerprint density at radius 2 is 2.22 bits per heavy atom. The number of benzene rings is 1. The zero-order valence-corrected chi connectivity index (χ0v) is 11.1. The Hall–Kier alpha value is -1.59. The van der Waals surface area contributed by atoms with Gasteiger partial charge < -0.3 is 14.6 Å². The molecule has 1 N–H and O–H groups in total. The summed E-state index contributed by atoms with van der Waals surface area (Å²) in [6.45, 7) is 2.12. The third-order valence-corrected chi connectivity index (χ3v) is 3.16. The lowest BCUT2D eigenvalue weighted by Gasteiger charge is -2.12. The van der Waals surface area contributed by atoms with Gasteiger partial charge in [-0.2, -0.15) is 0 Å². The second kappa shape index (κ2) is 5.84. The predicted molar refractivity (Wildman–Crippen MR) is 70.1 cm³/mol. The van der Waals surface area contributed by atoms with Crippen LogP contribution in [0.1, 0.15) is 24.3 Å². The highest BCUT2D eigenvalue weighted by molar-refractivity contribution is 7.07. The van der Waals surface area contributed by atoms with Crippen molar-refractivity contribution in [3.05, 3.63) is 40.3 Å². The molecule has 4 nitrogen and oxygen atoms in total. The highest BCUT2D eigenvalue weighted by atomic mass is 32.1. The van der Waals surface area contributed by atoms with Gasteiger partial charge in [-0.15, -0.1) is 11.3 Å². The first kappa shape index (κ1) is 12.9. The van der Waals surface area contributed by atoms with E-state index in [1.165, 1.54) is 11.3 Å². The van der Waals surface area contributed by atoms with Crippen molar-refractivity contribution in [2.45, 2.75) is 19.6 Å². The monoisotopic (exact) mass is 265 g/mol. The first-order valence-corrected chi connectivity index (χ1v) is 6.51. The van der Waals surface area contributed by atoms with Gasteiger partial charge >= 0.3 is 0 Å². The number of thiazole rings is 1. The minimum Gasteiger partial charge on any atom is -0.493 e. The lowest BCUT2D eigenvalue weighted by Crippen LogP contribution is -1.99. The van der Waals surface area contributed by atoms with Gasteiger partial charge in [0.1, 0.15) is 6.61 Å². The van der Waals surface area contributed by atoms with Crippen LogP contribution in [0.2, 0.25) is 0 Å². The molecule has 2 rings (SSSR count). The van der Waals surface area contributed by atoms with Crippen LogP contribution in [0.15, 0.2) is 29.1 Å². The number of aliphatic hydroxyl groups is 1. The van der Waals surface area contributed by atoms with Crippen molar-refractivity contribution in [2.75, 3.05) is 7.11 Å². The van der Waals surface area contributed by atoms with Gasteiger partial charge in [0.25, 0.3) is 0 Å². The van der Waals surface area contributed by atoms with Gasteiger partial charge in [-0.05, 0) is 24.6 Å². The van der Waals surface area contributed by atoms with E-state index in [-0.39, 0.29) is 0 Å². The maximum Gasteiger partial charge on any atom is 0.161 e. The van der Waals surface area contributed by atoms with Gasteiger partial charge in [0, 0.05) is 5.38 Å². The molecular formula is C13H15NO3S. The normalized spacial score (nSPS) is 12.2. The standard InChI is InChI=1S/C13H15NO3S/c1-9(15)10-3-4-12(13(5-10)16-2)17-6-11-7-18-8-14-11/h3-5,7-9,15H,6H2,1-2H3/t9-/m1/s1. The molecular weight excluding hydrogens is 250 g/mol. The maximum atomic E-state index is 9.51. The SMILES string of the molecule is COc1cc([C@@H](C)O)ccc1OCc1cscn1. The van der Waals surface area contributed by atoms with Crippen LogP contribution >= 0.6 is 11.3 Å². The van der Waals surface area contributed by atoms with E-state index in [0.717, 1.165) is 11.3 Å². The van der Waals surface area contributed by atoms with E-state index in [0.29, 0.717) is 18.1 Å². The molecule has 5 heteroatoms. The number of aromatic nitrogens is 1. The van der Waals surface area contributed by atoms with Crippen LogP contribution < -0.4 is 9.47 Å². The topological polar surface area (TPSA) is 51.6 Å². The van der Waals surface area contributed by atoms with E-state index in [2.05, 4.69) is 4.98 Å². The quantitative estimate of drug-likeness (QED) is 0.903. The van der Waals surface area contributed by atoms with Crippen LogP contribution in [0.25, 0.3) is 0 Å². The number of hydrogen-bond acceptors (Lipinski definition) is 5. The smallest absolute Gasteiger partial charge is 0.161 e. The second-order valence-corrected chi connectivity index (χ2v) is 4.57. The molecule has 1 aromatic heterocycles. The minimum atomic E-state index is -0.522. The molecule has 0 amide bonds. The summed E-state index contributed by atoms with van der Waals surface area (Å²) in [7, 11) is 1.58. The van der Waals surface area contributed by atoms with Gasteiger partial charge in [0.15, 0.2) is 11.5 Å². The Kier molecular flexibility index (Phi) is 4.17. The van der Waals surface area contributed by atoms with Crippen LogP contribution in [-0.2, 0) is 6.61 Å². The number of ether oxygens (including phenoxy) is 2. The van der Waals surface area contributed by atoms with Crippen LogP contribution in [0.3, 0.4) is 0 Å². The molecule has 0 spiro atoms. The fourth-order valence-corrected chi connectivity index (χ4v) is 2.07. The van der Waals surface area contributed by atoms with Gasteiger partial charge in [-0.3, -0.25) is 0 Å². The first-order chi connectivity index (χ1) is 8.70. The van der Waals surface area contributed by atoms with Gasteiger partial charge in [-0.1, -0.05) is 6.07 Å². The van der Waals surface area contributed by atoms with Crippen molar-refractivity contribution in [2.24, 2.45) is 0 Å². The van der Waals surface area contributed by atoms with Crippen molar-refractivity contribution in [1.29, 1.82) is 0 Å². The molecule has 18 heavy (non-hydrogen) atoms. The molecule has 0 aliphatic rings. The molecule has 0 fully saturated rings. The lowest BCUT2D eigenvalue weighted by atomic mass is 10.1. The number of hydrogen-bond donors (Lipinski definition) is 1. The fraction of sp³-hybridized carbons (Fsp3) is 0.308. The van der Waals surface area contributed by atoms with Gasteiger partial charge in [0.2, 0.25) is 0 Å². The Morgan fingerprint density at radius 3 is 2.83 bits per heavy atom. The summed E-state index contributed by atoms with van der Waals surface area (Å²) in [5.41, 5.74) is 3.46. The van der Waals surface area contributed by atoms with Crippen LogP contribution in [-0.4, -0.2) is 17.2 Å². The number of aliphatic hydroxyl groups excluding tert-OH is 1. The van der Waals surface area contributed by atoms with Crippen molar-refractivity contribution in [3.63, 3.8) is 0 Å². The highest BCUT2D eigenvalue weighted by Crippen LogP contribution is 2.30. The van der Waals surface area contributed by atoms with Gasteiger partial charge in [-0.25, -0.2) is 4.98 Å². The summed E-state index contributed by atoms with van der Waals surface area (Å²) >= 11 is 1.54. The molecule has 96 valence electrons. The number of methoxy groups -OCH3 is 1. The van der Waals surface area contributed by atoms with Crippen LogP contribution in [0, 0.1) is 0 Å². The lowest BCUT2D eigenvalue weighted by molar-refractivity contribution is 0.198. The summed E-state index contributed by atoms with van der Waals surface area (Å²) < 4.78 is 10.9. The molecule has 0 saturated carbocycles. The number of nitrogens with zero attached hydrogens (tertiary/aromatic N) is 1. The first-order valence-electron chi connectivity index (χ1n) is 5.56. The summed E-state index contributed by atoms with van der Waals surface area (Å²) in [6, 6.07) is 5.40. The Morgan fingerprint density at radius 1 is 1.39 bits per heavy atom. The van der Waals surface area contributed by atoms with Gasteiger partial charge in [0.05, 0.1) is 24.4 Å². The van der Waals surface area contributed by atoms with E-state index >= 15 is 0 Å². The van der Waals surface area contributed by atoms with E-state index in [4.69, 9.17) is 9.47 Å². The minimum absolute atomic E-state index is 0.411. The summed E-state index contributed by atoms with van der Waals surface area (Å²) in [5, 5.41) is 11.5. The van der Waals surface area contributed by atoms with E-state index in [1.54, 1.807) is 31.7 Å². The fourth-order valence-electron chi connectivity index (χ4n) is 1.52. The zero-order valence-electron chi connectivity index (χ0n) is 10.3.